The van der Waals surface area contributed by atoms with Crippen LogP contribution in [0.15, 0.2) is 44.6 Å². The van der Waals surface area contributed by atoms with Crippen molar-refractivity contribution in [3.05, 3.63) is 34.6 Å². The quantitative estimate of drug-likeness (QED) is 0.441. The lowest BCUT2D eigenvalue weighted by molar-refractivity contribution is -0.117. The Morgan fingerprint density at radius 1 is 1.16 bits per heavy atom. The highest BCUT2D eigenvalue weighted by molar-refractivity contribution is 5.98. The van der Waals surface area contributed by atoms with Gasteiger partial charge in [0.2, 0.25) is 5.91 Å². The van der Waals surface area contributed by atoms with E-state index in [1.54, 1.807) is 7.05 Å². The van der Waals surface area contributed by atoms with E-state index in [0.29, 0.717) is 6.42 Å². The maximum absolute atomic E-state index is 10.6. The van der Waals surface area contributed by atoms with Gasteiger partial charge in [0.1, 0.15) is 0 Å². The zero-order valence-electron chi connectivity index (χ0n) is 16.4. The van der Waals surface area contributed by atoms with Crippen LogP contribution < -0.4 is 5.73 Å². The van der Waals surface area contributed by atoms with Gasteiger partial charge < -0.3 is 5.73 Å². The molecule has 1 amide bonds. The fourth-order valence-corrected chi connectivity index (χ4v) is 1.37. The predicted octanol–water partition coefficient (Wildman–Crippen LogP) is 4.10. The lowest BCUT2D eigenvalue weighted by Gasteiger charge is -2.00. The van der Waals surface area contributed by atoms with E-state index in [9.17, 15) is 4.79 Å². The van der Waals surface area contributed by atoms with Crippen molar-refractivity contribution in [2.24, 2.45) is 15.7 Å². The Bertz CT molecular complexity index is 605. The topological polar surface area (TPSA) is 67.8 Å². The van der Waals surface area contributed by atoms with Crippen LogP contribution in [0.5, 0.6) is 0 Å². The number of nitrogens with zero attached hydrogens (tertiary/aromatic N) is 2. The molecule has 0 rings (SSSR count). The van der Waals surface area contributed by atoms with Gasteiger partial charge in [0.15, 0.2) is 0 Å². The minimum atomic E-state index is -0.344. The molecule has 0 aliphatic carbocycles. The molecule has 0 bridgehead atoms. The average molecular weight is 341 g/mol. The van der Waals surface area contributed by atoms with Crippen LogP contribution in [0.25, 0.3) is 0 Å². The SMILES string of the molecule is C#C.C#CC/C(=C\C=C(C)C)CC(N)=O.C=N/C(C)=C(/C)C(C)=NC. The Labute approximate surface area is 153 Å². The zero-order chi connectivity index (χ0) is 20.4. The highest BCUT2D eigenvalue weighted by Crippen LogP contribution is 2.07. The minimum Gasteiger partial charge on any atom is -0.369 e. The number of hydrogen-bond donors (Lipinski definition) is 1. The van der Waals surface area contributed by atoms with Crippen molar-refractivity contribution >= 4 is 18.3 Å². The Morgan fingerprint density at radius 3 is 2.00 bits per heavy atom. The molecule has 136 valence electrons. The summed E-state index contributed by atoms with van der Waals surface area (Å²) in [5.74, 6) is 2.15. The molecule has 0 saturated carbocycles. The second kappa shape index (κ2) is 17.5. The van der Waals surface area contributed by atoms with Gasteiger partial charge in [-0.05, 0) is 52.5 Å². The van der Waals surface area contributed by atoms with Gasteiger partial charge in [-0.25, -0.2) is 0 Å². The van der Waals surface area contributed by atoms with Crippen molar-refractivity contribution in [2.75, 3.05) is 7.05 Å². The number of allylic oxidation sites excluding steroid dienone is 5. The number of carbonyl (C=O) groups is 1. The van der Waals surface area contributed by atoms with E-state index < -0.39 is 0 Å². The first-order valence-electron chi connectivity index (χ1n) is 7.65. The molecule has 0 fully saturated rings. The van der Waals surface area contributed by atoms with Crippen molar-refractivity contribution < 1.29 is 4.79 Å². The van der Waals surface area contributed by atoms with Crippen molar-refractivity contribution in [1.29, 1.82) is 0 Å². The predicted molar refractivity (Wildman–Crippen MR) is 112 cm³/mol. The molecule has 2 N–H and O–H groups in total. The summed E-state index contributed by atoms with van der Waals surface area (Å²) in [6.45, 7) is 13.3. The standard InChI is InChI=1S/C11H15NO.C8H14N2.C2H2/c1-4-5-10(8-11(12)13)7-6-9(2)3;1-6(7(2)9-4)8(3)10-5;1-2/h1,6-7H,5,8H2,2-3H3,(H2,12,13);4H2,1-3,5H3;1-2H/b10-7+;7-6-,10-8?;. The van der Waals surface area contributed by atoms with Gasteiger partial charge in [-0.15, -0.1) is 25.2 Å². The number of primary amides is 1. The number of carbonyl (C=O) groups excluding carboxylic acids is 1. The lowest BCUT2D eigenvalue weighted by Crippen LogP contribution is -2.10. The van der Waals surface area contributed by atoms with Gasteiger partial charge in [0, 0.05) is 31.3 Å². The summed E-state index contributed by atoms with van der Waals surface area (Å²) >= 11 is 0. The van der Waals surface area contributed by atoms with Crippen LogP contribution in [-0.2, 0) is 4.79 Å². The van der Waals surface area contributed by atoms with Crippen molar-refractivity contribution in [2.45, 2.75) is 47.5 Å². The van der Waals surface area contributed by atoms with E-state index in [1.807, 2.05) is 46.8 Å². The molecule has 0 aromatic rings. The fourth-order valence-electron chi connectivity index (χ4n) is 1.37. The van der Waals surface area contributed by atoms with Gasteiger partial charge >= 0.3 is 0 Å². The highest BCUT2D eigenvalue weighted by Gasteiger charge is 1.99. The van der Waals surface area contributed by atoms with Gasteiger partial charge in [-0.1, -0.05) is 17.7 Å². The maximum atomic E-state index is 10.6. The highest BCUT2D eigenvalue weighted by atomic mass is 16.1. The molecule has 4 heteroatoms. The van der Waals surface area contributed by atoms with Crippen molar-refractivity contribution in [1.82, 2.24) is 0 Å². The summed E-state index contributed by atoms with van der Waals surface area (Å²) in [6, 6.07) is 0. The molecule has 0 aliphatic rings. The van der Waals surface area contributed by atoms with Crippen LogP contribution in [0.1, 0.15) is 47.5 Å². The van der Waals surface area contributed by atoms with Crippen LogP contribution in [0.2, 0.25) is 0 Å². The first-order chi connectivity index (χ1) is 11.7. The number of amides is 1. The summed E-state index contributed by atoms with van der Waals surface area (Å²) in [6.07, 6.45) is 17.7. The molecule has 0 aliphatic heterocycles. The monoisotopic (exact) mass is 341 g/mol. The number of nitrogens with two attached hydrogens (primary N) is 1. The van der Waals surface area contributed by atoms with Gasteiger partial charge in [0.05, 0.1) is 0 Å². The molecule has 0 spiro atoms. The van der Waals surface area contributed by atoms with E-state index in [0.717, 1.165) is 22.6 Å². The van der Waals surface area contributed by atoms with Gasteiger partial charge in [0.25, 0.3) is 0 Å². The minimum absolute atomic E-state index is 0.244. The largest absolute Gasteiger partial charge is 0.369 e. The van der Waals surface area contributed by atoms with Gasteiger partial charge in [-0.3, -0.25) is 14.8 Å². The second-order valence-corrected chi connectivity index (χ2v) is 5.27. The maximum Gasteiger partial charge on any atom is 0.221 e. The molecule has 0 aromatic carbocycles. The molecule has 0 aromatic heterocycles. The molecule has 0 saturated heterocycles. The first kappa shape index (κ1) is 27.0. The molecule has 0 heterocycles. The summed E-state index contributed by atoms with van der Waals surface area (Å²) in [4.78, 5) is 18.5. The first-order valence-corrected chi connectivity index (χ1v) is 7.65. The third kappa shape index (κ3) is 17.3. The number of aliphatic imine (C=N–C) groups is 2. The number of terminal acetylenes is 2. The molecule has 0 atom stereocenters. The van der Waals surface area contributed by atoms with Crippen molar-refractivity contribution in [3.8, 4) is 25.2 Å². The van der Waals surface area contributed by atoms with E-state index >= 15 is 0 Å². The normalized spacial score (nSPS) is 11.3. The van der Waals surface area contributed by atoms with Crippen LogP contribution in [0.3, 0.4) is 0 Å². The average Bonchev–Trinajstić information content (AvgIpc) is 2.59. The molecular weight excluding hydrogens is 310 g/mol. The molecule has 0 radical (unpaired) electrons. The summed E-state index contributed by atoms with van der Waals surface area (Å²) in [5.41, 5.74) is 10.2. The van der Waals surface area contributed by atoms with Crippen LogP contribution in [0, 0.1) is 25.2 Å². The van der Waals surface area contributed by atoms with E-state index in [4.69, 9.17) is 12.2 Å². The Morgan fingerprint density at radius 2 is 1.68 bits per heavy atom. The van der Waals surface area contributed by atoms with E-state index in [2.05, 4.69) is 35.5 Å². The number of hydrogen-bond acceptors (Lipinski definition) is 3. The molecule has 0 unspecified atom stereocenters. The number of rotatable bonds is 6. The Balaban J connectivity index is -0.000000362. The Hall–Kier alpha value is -2.85. The zero-order valence-corrected chi connectivity index (χ0v) is 16.4. The third-order valence-corrected chi connectivity index (χ3v) is 3.04. The molecule has 4 nitrogen and oxygen atoms in total. The third-order valence-electron chi connectivity index (χ3n) is 3.04. The fraction of sp³-hybridized carbons (Fsp3) is 0.381. The summed E-state index contributed by atoms with van der Waals surface area (Å²) in [5, 5.41) is 0. The van der Waals surface area contributed by atoms with Gasteiger partial charge in [-0.2, -0.15) is 0 Å². The Kier molecular flexibility index (Phi) is 18.9. The summed E-state index contributed by atoms with van der Waals surface area (Å²) in [7, 11) is 1.77. The van der Waals surface area contributed by atoms with E-state index in [1.165, 1.54) is 5.57 Å². The molecule has 25 heavy (non-hydrogen) atoms. The summed E-state index contributed by atoms with van der Waals surface area (Å²) < 4.78 is 0. The van der Waals surface area contributed by atoms with Crippen molar-refractivity contribution in [3.63, 3.8) is 0 Å². The van der Waals surface area contributed by atoms with E-state index in [-0.39, 0.29) is 12.3 Å². The second-order valence-electron chi connectivity index (χ2n) is 5.27. The van der Waals surface area contributed by atoms with Crippen LogP contribution in [0.4, 0.5) is 0 Å². The lowest BCUT2D eigenvalue weighted by atomic mass is 10.1. The van der Waals surface area contributed by atoms with Crippen LogP contribution >= 0.6 is 0 Å². The molecular formula is C21H31N3O. The smallest absolute Gasteiger partial charge is 0.221 e. The van der Waals surface area contributed by atoms with Crippen LogP contribution in [-0.4, -0.2) is 25.4 Å².